The van der Waals surface area contributed by atoms with E-state index in [0.717, 1.165) is 33.6 Å². The highest BCUT2D eigenvalue weighted by Crippen LogP contribution is 2.20. The molecule has 0 amide bonds. The lowest BCUT2D eigenvalue weighted by Crippen LogP contribution is -2.08. The third-order valence-corrected chi connectivity index (χ3v) is 4.77. The van der Waals surface area contributed by atoms with Crippen LogP contribution in [0, 0.1) is 13.8 Å². The lowest BCUT2D eigenvalue weighted by Gasteiger charge is -2.09. The highest BCUT2D eigenvalue weighted by Gasteiger charge is 2.14. The highest BCUT2D eigenvalue weighted by atomic mass is 16.3. The minimum atomic E-state index is -0.0496. The maximum atomic E-state index is 12.5. The van der Waals surface area contributed by atoms with Crippen LogP contribution in [0.25, 0.3) is 11.0 Å². The van der Waals surface area contributed by atoms with Crippen LogP contribution in [0.15, 0.2) is 47.0 Å². The Morgan fingerprint density at radius 3 is 2.82 bits per heavy atom. The van der Waals surface area contributed by atoms with Gasteiger partial charge in [-0.05, 0) is 49.6 Å². The smallest absolute Gasteiger partial charge is 0.185 e. The van der Waals surface area contributed by atoms with Crippen molar-refractivity contribution in [2.24, 2.45) is 0 Å². The molecule has 28 heavy (non-hydrogen) atoms. The summed E-state index contributed by atoms with van der Waals surface area (Å²) >= 11 is 0. The third kappa shape index (κ3) is 3.64. The third-order valence-electron chi connectivity index (χ3n) is 4.77. The first-order chi connectivity index (χ1) is 13.5. The Balaban J connectivity index is 1.43. The van der Waals surface area contributed by atoms with Gasteiger partial charge in [-0.2, -0.15) is 9.90 Å². The molecule has 0 aliphatic rings. The molecule has 3 heterocycles. The first kappa shape index (κ1) is 17.9. The summed E-state index contributed by atoms with van der Waals surface area (Å²) in [7, 11) is 0. The fraction of sp³-hybridized carbons (Fsp3) is 0.238. The second kappa shape index (κ2) is 7.26. The second-order valence-corrected chi connectivity index (χ2v) is 6.86. The number of hydrogen-bond acceptors (Lipinski definition) is 6. The van der Waals surface area contributed by atoms with Gasteiger partial charge in [-0.15, -0.1) is 5.10 Å². The van der Waals surface area contributed by atoms with Gasteiger partial charge in [-0.25, -0.2) is 4.98 Å². The van der Waals surface area contributed by atoms with Gasteiger partial charge >= 0.3 is 0 Å². The van der Waals surface area contributed by atoms with Crippen LogP contribution in [0.1, 0.15) is 39.5 Å². The number of hydrogen-bond donors (Lipinski definition) is 1. The number of ketones is 1. The zero-order valence-corrected chi connectivity index (χ0v) is 15.8. The number of para-hydroxylation sites is 1. The van der Waals surface area contributed by atoms with Crippen molar-refractivity contribution in [2.45, 2.75) is 33.2 Å². The Hall–Kier alpha value is -3.48. The predicted octanol–water partition coefficient (Wildman–Crippen LogP) is 3.48. The summed E-state index contributed by atoms with van der Waals surface area (Å²) < 4.78 is 5.78. The van der Waals surface area contributed by atoms with Crippen LogP contribution in [0.2, 0.25) is 0 Å². The van der Waals surface area contributed by atoms with Crippen molar-refractivity contribution in [1.29, 1.82) is 0 Å². The molecule has 0 unspecified atom stereocenters. The molecule has 0 spiro atoms. The number of furan rings is 1. The van der Waals surface area contributed by atoms with Gasteiger partial charge in [0.25, 0.3) is 0 Å². The molecule has 0 saturated heterocycles. The summed E-state index contributed by atoms with van der Waals surface area (Å²) in [4.78, 5) is 18.3. The summed E-state index contributed by atoms with van der Waals surface area (Å²) in [6.45, 7) is 4.27. The quantitative estimate of drug-likeness (QED) is 0.518. The number of nitrogen functional groups attached to an aromatic ring is 1. The van der Waals surface area contributed by atoms with E-state index in [1.807, 2.05) is 50.2 Å². The summed E-state index contributed by atoms with van der Waals surface area (Å²) in [6, 6.07) is 11.6. The van der Waals surface area contributed by atoms with Crippen molar-refractivity contribution in [3.05, 3.63) is 70.9 Å². The van der Waals surface area contributed by atoms with Crippen LogP contribution < -0.4 is 5.73 Å². The average molecular weight is 375 g/mol. The molecule has 7 nitrogen and oxygen atoms in total. The normalized spacial score (nSPS) is 11.2. The lowest BCUT2D eigenvalue weighted by atomic mass is 10.0. The molecular weight excluding hydrogens is 354 g/mol. The Bertz CT molecular complexity index is 1100. The molecule has 4 rings (SSSR count). The standard InChI is InChI=1S/C21H21N5O2/c1-13-9-21(22)24-14(2)17(13)7-8-19(27)18-11-23-26(25-18)12-16-10-15-5-3-4-6-20(15)28-16/h3-6,9-11H,7-8,12H2,1-2H3,(H2,22,24). The van der Waals surface area contributed by atoms with E-state index in [4.69, 9.17) is 10.2 Å². The maximum Gasteiger partial charge on any atom is 0.185 e. The monoisotopic (exact) mass is 375 g/mol. The Morgan fingerprint density at radius 1 is 1.21 bits per heavy atom. The maximum absolute atomic E-state index is 12.5. The molecule has 0 radical (unpaired) electrons. The van der Waals surface area contributed by atoms with E-state index >= 15 is 0 Å². The van der Waals surface area contributed by atoms with Crippen molar-refractivity contribution in [1.82, 2.24) is 20.0 Å². The molecular formula is C21H21N5O2. The second-order valence-electron chi connectivity index (χ2n) is 6.86. The van der Waals surface area contributed by atoms with Gasteiger partial charge in [0.1, 0.15) is 29.4 Å². The first-order valence-corrected chi connectivity index (χ1v) is 9.13. The first-order valence-electron chi connectivity index (χ1n) is 9.13. The molecule has 3 aromatic heterocycles. The van der Waals surface area contributed by atoms with Crippen molar-refractivity contribution >= 4 is 22.6 Å². The number of benzene rings is 1. The van der Waals surface area contributed by atoms with Gasteiger partial charge in [-0.3, -0.25) is 4.79 Å². The van der Waals surface area contributed by atoms with Gasteiger partial charge in [0.05, 0.1) is 6.20 Å². The van der Waals surface area contributed by atoms with Crippen LogP contribution in [-0.4, -0.2) is 25.8 Å². The molecule has 2 N–H and O–H groups in total. The number of rotatable bonds is 6. The van der Waals surface area contributed by atoms with Crippen molar-refractivity contribution in [2.75, 3.05) is 5.73 Å². The largest absolute Gasteiger partial charge is 0.459 e. The van der Waals surface area contributed by atoms with Crippen molar-refractivity contribution < 1.29 is 9.21 Å². The van der Waals surface area contributed by atoms with Crippen molar-refractivity contribution in [3.63, 3.8) is 0 Å². The number of Topliss-reactive ketones (excluding diaryl/α,β-unsaturated/α-hetero) is 1. The van der Waals surface area contributed by atoms with Crippen LogP contribution in [0.5, 0.6) is 0 Å². The Kier molecular flexibility index (Phi) is 4.65. The zero-order valence-electron chi connectivity index (χ0n) is 15.8. The highest BCUT2D eigenvalue weighted by molar-refractivity contribution is 5.94. The minimum absolute atomic E-state index is 0.0496. The topological polar surface area (TPSA) is 99.8 Å². The van der Waals surface area contributed by atoms with Crippen LogP contribution in [0.3, 0.4) is 0 Å². The SMILES string of the molecule is Cc1cc(N)nc(C)c1CCC(=O)c1cnn(Cc2cc3ccccc3o2)n1. The number of fused-ring (bicyclic) bond motifs is 1. The molecule has 0 aliphatic heterocycles. The Labute approximate surface area is 162 Å². The number of aromatic nitrogens is 4. The van der Waals surface area contributed by atoms with E-state index in [0.29, 0.717) is 30.9 Å². The molecule has 0 fully saturated rings. The van der Waals surface area contributed by atoms with E-state index in [9.17, 15) is 4.79 Å². The number of carbonyl (C=O) groups is 1. The predicted molar refractivity (Wildman–Crippen MR) is 106 cm³/mol. The number of carbonyl (C=O) groups excluding carboxylic acids is 1. The number of pyridine rings is 1. The van der Waals surface area contributed by atoms with Crippen LogP contribution in [-0.2, 0) is 13.0 Å². The van der Waals surface area contributed by atoms with E-state index < -0.39 is 0 Å². The number of nitrogens with two attached hydrogens (primary N) is 1. The Morgan fingerprint density at radius 2 is 2.04 bits per heavy atom. The molecule has 0 atom stereocenters. The van der Waals surface area contributed by atoms with E-state index in [-0.39, 0.29) is 5.78 Å². The molecule has 0 saturated carbocycles. The molecule has 142 valence electrons. The molecule has 0 aliphatic carbocycles. The minimum Gasteiger partial charge on any atom is -0.459 e. The number of aryl methyl sites for hydroxylation is 2. The average Bonchev–Trinajstić information content (AvgIpc) is 3.27. The fourth-order valence-corrected chi connectivity index (χ4v) is 3.39. The summed E-state index contributed by atoms with van der Waals surface area (Å²) in [5, 5.41) is 9.54. The number of nitrogens with zero attached hydrogens (tertiary/aromatic N) is 4. The summed E-state index contributed by atoms with van der Waals surface area (Å²) in [5.41, 5.74) is 9.90. The number of anilines is 1. The van der Waals surface area contributed by atoms with E-state index in [1.165, 1.54) is 11.0 Å². The zero-order chi connectivity index (χ0) is 19.7. The molecule has 4 aromatic rings. The fourth-order valence-electron chi connectivity index (χ4n) is 3.39. The van der Waals surface area contributed by atoms with Gasteiger partial charge in [0, 0.05) is 17.5 Å². The molecule has 0 bridgehead atoms. The molecule has 7 heteroatoms. The van der Waals surface area contributed by atoms with E-state index in [2.05, 4.69) is 15.2 Å². The molecule has 1 aromatic carbocycles. The van der Waals surface area contributed by atoms with Crippen LogP contribution >= 0.6 is 0 Å². The van der Waals surface area contributed by atoms with Crippen LogP contribution in [0.4, 0.5) is 5.82 Å². The van der Waals surface area contributed by atoms with Gasteiger partial charge < -0.3 is 10.2 Å². The van der Waals surface area contributed by atoms with Gasteiger partial charge in [0.15, 0.2) is 5.78 Å². The van der Waals surface area contributed by atoms with Crippen molar-refractivity contribution in [3.8, 4) is 0 Å². The van der Waals surface area contributed by atoms with Gasteiger partial charge in [-0.1, -0.05) is 18.2 Å². The lowest BCUT2D eigenvalue weighted by molar-refractivity contribution is 0.0977. The van der Waals surface area contributed by atoms with E-state index in [1.54, 1.807) is 0 Å². The van der Waals surface area contributed by atoms with Gasteiger partial charge in [0.2, 0.25) is 0 Å². The summed E-state index contributed by atoms with van der Waals surface area (Å²) in [5.74, 6) is 1.19. The summed E-state index contributed by atoms with van der Waals surface area (Å²) in [6.07, 6.45) is 2.45.